The summed E-state index contributed by atoms with van der Waals surface area (Å²) in [6.07, 6.45) is 8.09. The molecular weight excluding hydrogens is 731 g/mol. The van der Waals surface area contributed by atoms with E-state index in [1.807, 2.05) is 48.6 Å². The third-order valence-corrected chi connectivity index (χ3v) is 17.0. The summed E-state index contributed by atoms with van der Waals surface area (Å²) in [5.74, 6) is 0. The van der Waals surface area contributed by atoms with Crippen molar-refractivity contribution in [1.29, 1.82) is 0 Å². The van der Waals surface area contributed by atoms with Crippen molar-refractivity contribution in [2.75, 3.05) is 0 Å². The molecule has 1 aromatic carbocycles. The molecule has 0 fully saturated rings. The van der Waals surface area contributed by atoms with Crippen LogP contribution in [0.2, 0.25) is 0 Å². The Morgan fingerprint density at radius 3 is 0.909 bits per heavy atom. The predicted molar refractivity (Wildman–Crippen MR) is 223 cm³/mol. The van der Waals surface area contributed by atoms with Gasteiger partial charge < -0.3 is 9.97 Å². The summed E-state index contributed by atoms with van der Waals surface area (Å²) in [4.78, 5) is 74.7. The molecule has 0 aliphatic carbocycles. The molecule has 8 bridgehead atoms. The Morgan fingerprint density at radius 1 is 0.418 bits per heavy atom. The van der Waals surface area contributed by atoms with Crippen LogP contribution in [0.3, 0.4) is 0 Å². The number of rotatable bonds is 5. The molecule has 0 spiro atoms. The first kappa shape index (κ1) is 41.2. The van der Waals surface area contributed by atoms with Gasteiger partial charge in [0.05, 0.1) is 22.8 Å². The van der Waals surface area contributed by atoms with Crippen LogP contribution in [0.4, 0.5) is 0 Å². The van der Waals surface area contributed by atoms with E-state index in [2.05, 4.69) is 44.2 Å². The second kappa shape index (κ2) is 14.3. The third-order valence-electron chi connectivity index (χ3n) is 8.58. The molecule has 2 aliphatic rings. The average molecular weight is 787 g/mol. The van der Waals surface area contributed by atoms with Crippen LogP contribution >= 0.6 is 0 Å². The summed E-state index contributed by atoms with van der Waals surface area (Å²) < 4.78 is -1.89. The van der Waals surface area contributed by atoms with Crippen molar-refractivity contribution in [3.8, 4) is 0 Å². The van der Waals surface area contributed by atoms with Crippen LogP contribution in [0.15, 0.2) is 78.9 Å². The molecule has 0 saturated heterocycles. The van der Waals surface area contributed by atoms with Gasteiger partial charge in [0, 0.05) is 22.1 Å². The Kier molecular flexibility index (Phi) is 10.7. The minimum absolute atomic E-state index is 0.270. The average Bonchev–Trinajstić information content (AvgIpc) is 3.91. The number of carbonyl (C=O) groups excluding carboxylic acids is 4. The van der Waals surface area contributed by atoms with Crippen molar-refractivity contribution in [3.05, 3.63) is 102 Å². The summed E-state index contributed by atoms with van der Waals surface area (Å²) in [6.45, 7) is 20.3. The van der Waals surface area contributed by atoms with Crippen LogP contribution in [0.25, 0.3) is 46.4 Å². The van der Waals surface area contributed by atoms with Gasteiger partial charge in [0.1, 0.15) is 0 Å². The zero-order chi connectivity index (χ0) is 40.8. The maximum absolute atomic E-state index is 14.7. The summed E-state index contributed by atoms with van der Waals surface area (Å²) in [6, 6.07) is 24.8. The number of hydrogen-bond donors (Lipinski definition) is 2. The van der Waals surface area contributed by atoms with Gasteiger partial charge >= 0.3 is 189 Å². The fourth-order valence-electron chi connectivity index (χ4n) is 6.33. The molecule has 0 radical (unpaired) electrons. The van der Waals surface area contributed by atoms with Crippen molar-refractivity contribution >= 4 is 69.7 Å². The van der Waals surface area contributed by atoms with Gasteiger partial charge in [-0.15, -0.1) is 0 Å². The first-order chi connectivity index (χ1) is 25.4. The Bertz CT molecular complexity index is 2110. The van der Waals surface area contributed by atoms with Crippen LogP contribution in [0.1, 0.15) is 106 Å². The fraction of sp³-hybridized carbons (Fsp3) is 0.348. The minimum atomic E-state index is -5.24. The first-order valence-electron chi connectivity index (χ1n) is 18.4. The zero-order valence-corrected chi connectivity index (χ0v) is 35.2. The van der Waals surface area contributed by atoms with Crippen molar-refractivity contribution < 1.29 is 30.8 Å². The molecule has 2 aliphatic heterocycles. The number of H-pyrrole nitrogens is 2. The first-order valence-corrected chi connectivity index (χ1v) is 21.0. The van der Waals surface area contributed by atoms with E-state index < -0.39 is 52.1 Å². The van der Waals surface area contributed by atoms with Crippen LogP contribution < -0.4 is 4.50 Å². The van der Waals surface area contributed by atoms with E-state index in [1.54, 1.807) is 113 Å². The molecule has 55 heavy (non-hydrogen) atoms. The molecule has 2 N–H and O–H groups in total. The molecule has 5 heterocycles. The van der Waals surface area contributed by atoms with Crippen LogP contribution in [0.5, 0.6) is 0 Å². The number of aromatic amines is 2. The number of aromatic nitrogens is 4. The van der Waals surface area contributed by atoms with Gasteiger partial charge in [-0.05, 0) is 72.8 Å². The predicted octanol–water partition coefficient (Wildman–Crippen LogP) is 9.95. The fourth-order valence-corrected chi connectivity index (χ4v) is 15.9. The number of fused-ring (bicyclic) bond motifs is 8. The Balaban J connectivity index is 0.000000216. The Labute approximate surface area is 325 Å². The van der Waals surface area contributed by atoms with Crippen LogP contribution in [-0.2, 0) is 30.8 Å². The SMILES string of the molecule is C1=Cc2cc3ccc(cc4nc(cc5ccc(cc1n2)[nH]5)C=C4)[nH]3.CC(C)(C)[C](=O)[Co]([C](=O)C(C)(C)C)([C](=O)C(C)(C)C)([C](=O)C(C)(C)C)[c]1ccccc1. The standard InChI is InChI=1S/C20H14N4.C6H5.4C5H9O.Co/c1-2-14-10-16-5-6-18(23-16)12-20-8-7-19(24-20)11-17-4-3-15(22-17)9-13(1)21-14;1-2-4-6-5-3-1;4*1-5(2,3)4-6;/h1-12,21,24H;1-5H;4*1-3H3;. The number of nitrogens with one attached hydrogen (secondary N) is 2. The molecule has 0 saturated carbocycles. The number of hydrogen-bond acceptors (Lipinski definition) is 6. The van der Waals surface area contributed by atoms with Gasteiger partial charge in [0.15, 0.2) is 0 Å². The van der Waals surface area contributed by atoms with Crippen molar-refractivity contribution in [3.63, 3.8) is 0 Å². The third kappa shape index (κ3) is 7.65. The van der Waals surface area contributed by atoms with Gasteiger partial charge in [0.25, 0.3) is 0 Å². The van der Waals surface area contributed by atoms with E-state index in [0.29, 0.717) is 0 Å². The Hall–Kier alpha value is -4.99. The molecule has 0 atom stereocenters. The number of nitrogens with zero attached hydrogens (tertiary/aromatic N) is 2. The van der Waals surface area contributed by atoms with Gasteiger partial charge in [-0.2, -0.15) is 0 Å². The van der Waals surface area contributed by atoms with E-state index >= 15 is 0 Å². The topological polar surface area (TPSA) is 126 Å². The molecule has 3 aromatic heterocycles. The van der Waals surface area contributed by atoms with E-state index in [9.17, 15) is 19.2 Å². The number of benzene rings is 1. The van der Waals surface area contributed by atoms with Crippen LogP contribution in [-0.4, -0.2) is 38.8 Å². The molecule has 0 amide bonds. The summed E-state index contributed by atoms with van der Waals surface area (Å²) in [5, 5.41) is 0. The second-order valence-corrected chi connectivity index (χ2v) is 23.1. The maximum atomic E-state index is 14.7. The monoisotopic (exact) mass is 786 g/mol. The van der Waals surface area contributed by atoms with E-state index in [1.165, 1.54) is 0 Å². The van der Waals surface area contributed by atoms with E-state index in [0.717, 1.165) is 44.8 Å². The molecule has 6 rings (SSSR count). The van der Waals surface area contributed by atoms with Gasteiger partial charge in [-0.3, -0.25) is 0 Å². The molecular formula is C46H55CoN4O4. The van der Waals surface area contributed by atoms with E-state index in [4.69, 9.17) is 0 Å². The number of carbonyl (C=O) groups is 4. The summed E-state index contributed by atoms with van der Waals surface area (Å²) in [5.41, 5.74) is 3.51. The molecule has 0 unspecified atom stereocenters. The van der Waals surface area contributed by atoms with Crippen LogP contribution in [0, 0.1) is 21.7 Å². The molecule has 4 aromatic rings. The van der Waals surface area contributed by atoms with Gasteiger partial charge in [-0.1, -0.05) is 0 Å². The van der Waals surface area contributed by atoms with Crippen molar-refractivity contribution in [2.24, 2.45) is 21.7 Å². The van der Waals surface area contributed by atoms with Gasteiger partial charge in [-0.25, -0.2) is 9.97 Å². The zero-order valence-electron chi connectivity index (χ0n) is 34.2. The second-order valence-electron chi connectivity index (χ2n) is 18.0. The summed E-state index contributed by atoms with van der Waals surface area (Å²) in [7, 11) is 0. The quantitative estimate of drug-likeness (QED) is 0.179. The Morgan fingerprint density at radius 2 is 0.673 bits per heavy atom. The molecule has 9 heteroatoms. The van der Waals surface area contributed by atoms with Gasteiger partial charge in [0.2, 0.25) is 0 Å². The molecule has 292 valence electrons. The molecule has 8 nitrogen and oxygen atoms in total. The summed E-state index contributed by atoms with van der Waals surface area (Å²) >= 11 is -5.24. The van der Waals surface area contributed by atoms with Crippen molar-refractivity contribution in [2.45, 2.75) is 83.1 Å². The van der Waals surface area contributed by atoms with E-state index in [-0.39, 0.29) is 4.50 Å². The van der Waals surface area contributed by atoms with Crippen molar-refractivity contribution in [1.82, 2.24) is 19.9 Å². The normalized spacial score (nSPS) is 14.0.